The molecular formula is C12H12ClN. The summed E-state index contributed by atoms with van der Waals surface area (Å²) in [6.45, 7) is 4.10. The summed E-state index contributed by atoms with van der Waals surface area (Å²) < 4.78 is 0. The first-order chi connectivity index (χ1) is 6.61. The lowest BCUT2D eigenvalue weighted by Gasteiger charge is -2.09. The van der Waals surface area contributed by atoms with Crippen molar-refractivity contribution in [2.45, 2.75) is 13.8 Å². The lowest BCUT2D eigenvalue weighted by Crippen LogP contribution is -1.90. The Morgan fingerprint density at radius 1 is 1.07 bits per heavy atom. The van der Waals surface area contributed by atoms with Crippen LogP contribution in [0.5, 0.6) is 0 Å². The van der Waals surface area contributed by atoms with Gasteiger partial charge in [-0.05, 0) is 42.5 Å². The van der Waals surface area contributed by atoms with Crippen molar-refractivity contribution in [1.82, 2.24) is 0 Å². The van der Waals surface area contributed by atoms with E-state index in [1.54, 1.807) is 0 Å². The highest BCUT2D eigenvalue weighted by Crippen LogP contribution is 2.30. The molecule has 0 aliphatic carbocycles. The third-order valence-electron chi connectivity index (χ3n) is 2.74. The maximum Gasteiger partial charge on any atom is 0.0444 e. The second kappa shape index (κ2) is 3.18. The van der Waals surface area contributed by atoms with Crippen LogP contribution in [0.3, 0.4) is 0 Å². The van der Waals surface area contributed by atoms with Crippen molar-refractivity contribution in [2.75, 3.05) is 5.73 Å². The highest BCUT2D eigenvalue weighted by molar-refractivity contribution is 6.32. The number of nitrogens with two attached hydrogens (primary N) is 1. The van der Waals surface area contributed by atoms with Crippen molar-refractivity contribution >= 4 is 28.1 Å². The van der Waals surface area contributed by atoms with E-state index in [2.05, 4.69) is 13.0 Å². The second-order valence-corrected chi connectivity index (χ2v) is 3.96. The minimum Gasteiger partial charge on any atom is -0.398 e. The molecule has 0 spiro atoms. The molecule has 2 N–H and O–H groups in total. The summed E-state index contributed by atoms with van der Waals surface area (Å²) in [5.41, 5.74) is 9.01. The molecule has 0 unspecified atom stereocenters. The van der Waals surface area contributed by atoms with Crippen molar-refractivity contribution < 1.29 is 0 Å². The molecule has 0 aliphatic heterocycles. The van der Waals surface area contributed by atoms with Crippen molar-refractivity contribution in [2.24, 2.45) is 0 Å². The molecule has 0 radical (unpaired) electrons. The van der Waals surface area contributed by atoms with E-state index in [0.29, 0.717) is 0 Å². The third-order valence-corrected chi connectivity index (χ3v) is 3.13. The summed E-state index contributed by atoms with van der Waals surface area (Å²) in [5.74, 6) is 0. The monoisotopic (exact) mass is 205 g/mol. The average Bonchev–Trinajstić information content (AvgIpc) is 2.17. The molecule has 2 rings (SSSR count). The van der Waals surface area contributed by atoms with Gasteiger partial charge in [0.05, 0.1) is 0 Å². The molecule has 0 fully saturated rings. The number of hydrogen-bond donors (Lipinski definition) is 1. The van der Waals surface area contributed by atoms with Crippen LogP contribution < -0.4 is 5.73 Å². The molecule has 0 amide bonds. The Bertz CT molecular complexity index is 503. The van der Waals surface area contributed by atoms with Crippen molar-refractivity contribution in [3.8, 4) is 0 Å². The predicted molar refractivity (Wildman–Crippen MR) is 62.8 cm³/mol. The zero-order chi connectivity index (χ0) is 10.3. The number of rotatable bonds is 0. The first-order valence-corrected chi connectivity index (χ1v) is 4.93. The fourth-order valence-electron chi connectivity index (χ4n) is 1.69. The van der Waals surface area contributed by atoms with Crippen LogP contribution in [0.15, 0.2) is 24.3 Å². The Labute approximate surface area is 88.5 Å². The van der Waals surface area contributed by atoms with Gasteiger partial charge in [0, 0.05) is 16.1 Å². The van der Waals surface area contributed by atoms with E-state index in [4.69, 9.17) is 17.3 Å². The largest absolute Gasteiger partial charge is 0.398 e. The van der Waals surface area contributed by atoms with E-state index < -0.39 is 0 Å². The number of hydrogen-bond acceptors (Lipinski definition) is 1. The number of benzene rings is 2. The van der Waals surface area contributed by atoms with E-state index >= 15 is 0 Å². The number of fused-ring (bicyclic) bond motifs is 1. The highest BCUT2D eigenvalue weighted by atomic mass is 35.5. The standard InChI is InChI=1S/C12H12ClN/c1-7-8(2)11(13)6-10-9(7)4-3-5-12(10)14/h3-6H,14H2,1-2H3. The number of aryl methyl sites for hydroxylation is 1. The Balaban J connectivity index is 2.98. The van der Waals surface area contributed by atoms with Gasteiger partial charge in [0.2, 0.25) is 0 Å². The summed E-state index contributed by atoms with van der Waals surface area (Å²) in [5, 5.41) is 3.01. The van der Waals surface area contributed by atoms with Gasteiger partial charge in [-0.2, -0.15) is 0 Å². The van der Waals surface area contributed by atoms with Crippen LogP contribution in [0.25, 0.3) is 10.8 Å². The summed E-state index contributed by atoms with van der Waals surface area (Å²) >= 11 is 6.11. The van der Waals surface area contributed by atoms with E-state index in [1.165, 1.54) is 10.9 Å². The van der Waals surface area contributed by atoms with Gasteiger partial charge in [0.15, 0.2) is 0 Å². The van der Waals surface area contributed by atoms with E-state index in [9.17, 15) is 0 Å². The number of anilines is 1. The molecule has 72 valence electrons. The lowest BCUT2D eigenvalue weighted by molar-refractivity contribution is 1.38. The van der Waals surface area contributed by atoms with Crippen LogP contribution in [0.1, 0.15) is 11.1 Å². The highest BCUT2D eigenvalue weighted by Gasteiger charge is 2.06. The first-order valence-electron chi connectivity index (χ1n) is 4.55. The van der Waals surface area contributed by atoms with Gasteiger partial charge >= 0.3 is 0 Å². The third kappa shape index (κ3) is 1.25. The molecule has 0 saturated carbocycles. The van der Waals surface area contributed by atoms with Crippen molar-refractivity contribution in [3.63, 3.8) is 0 Å². The van der Waals surface area contributed by atoms with Crippen LogP contribution in [-0.2, 0) is 0 Å². The summed E-state index contributed by atoms with van der Waals surface area (Å²) in [6.07, 6.45) is 0. The van der Waals surface area contributed by atoms with Gasteiger partial charge in [-0.25, -0.2) is 0 Å². The SMILES string of the molecule is Cc1c(Cl)cc2c(N)cccc2c1C. The first kappa shape index (κ1) is 9.35. The maximum atomic E-state index is 6.11. The molecule has 0 heterocycles. The quantitative estimate of drug-likeness (QED) is 0.653. The second-order valence-electron chi connectivity index (χ2n) is 3.55. The minimum atomic E-state index is 0.785. The smallest absolute Gasteiger partial charge is 0.0444 e. The fourth-order valence-corrected chi connectivity index (χ4v) is 1.94. The van der Waals surface area contributed by atoms with Gasteiger partial charge in [-0.1, -0.05) is 23.7 Å². The number of halogens is 1. The van der Waals surface area contributed by atoms with E-state index in [1.807, 2.05) is 25.1 Å². The Morgan fingerprint density at radius 3 is 2.50 bits per heavy atom. The van der Waals surface area contributed by atoms with Crippen molar-refractivity contribution in [3.05, 3.63) is 40.4 Å². The molecular weight excluding hydrogens is 194 g/mol. The fraction of sp³-hybridized carbons (Fsp3) is 0.167. The molecule has 0 atom stereocenters. The molecule has 2 heteroatoms. The molecule has 0 saturated heterocycles. The molecule has 1 nitrogen and oxygen atoms in total. The summed E-state index contributed by atoms with van der Waals surface area (Å²) in [6, 6.07) is 7.88. The number of nitrogen functional groups attached to an aromatic ring is 1. The van der Waals surface area contributed by atoms with Crippen molar-refractivity contribution in [1.29, 1.82) is 0 Å². The van der Waals surface area contributed by atoms with Gasteiger partial charge in [0.1, 0.15) is 0 Å². The normalized spacial score (nSPS) is 10.8. The zero-order valence-corrected chi connectivity index (χ0v) is 9.02. The zero-order valence-electron chi connectivity index (χ0n) is 8.26. The van der Waals surface area contributed by atoms with Crippen LogP contribution >= 0.6 is 11.6 Å². The van der Waals surface area contributed by atoms with E-state index in [0.717, 1.165) is 21.7 Å². The van der Waals surface area contributed by atoms with Crippen LogP contribution in [-0.4, -0.2) is 0 Å². The van der Waals surface area contributed by atoms with Gasteiger partial charge in [-0.15, -0.1) is 0 Å². The van der Waals surface area contributed by atoms with Crippen LogP contribution in [0, 0.1) is 13.8 Å². The molecule has 2 aromatic rings. The molecule has 0 aromatic heterocycles. The minimum absolute atomic E-state index is 0.785. The van der Waals surface area contributed by atoms with E-state index in [-0.39, 0.29) is 0 Å². The summed E-state index contributed by atoms with van der Waals surface area (Å²) in [4.78, 5) is 0. The Kier molecular flexibility index (Phi) is 2.12. The molecule has 0 aliphatic rings. The summed E-state index contributed by atoms with van der Waals surface area (Å²) in [7, 11) is 0. The molecule has 14 heavy (non-hydrogen) atoms. The molecule has 2 aromatic carbocycles. The Hall–Kier alpha value is -1.21. The van der Waals surface area contributed by atoms with Gasteiger partial charge < -0.3 is 5.73 Å². The lowest BCUT2D eigenvalue weighted by atomic mass is 10.00. The van der Waals surface area contributed by atoms with Gasteiger partial charge in [-0.3, -0.25) is 0 Å². The Morgan fingerprint density at radius 2 is 1.79 bits per heavy atom. The maximum absolute atomic E-state index is 6.11. The van der Waals surface area contributed by atoms with Gasteiger partial charge in [0.25, 0.3) is 0 Å². The average molecular weight is 206 g/mol. The van der Waals surface area contributed by atoms with Crippen LogP contribution in [0.4, 0.5) is 5.69 Å². The van der Waals surface area contributed by atoms with Crippen LogP contribution in [0.2, 0.25) is 5.02 Å². The topological polar surface area (TPSA) is 26.0 Å². The predicted octanol–water partition coefficient (Wildman–Crippen LogP) is 3.69. The molecule has 0 bridgehead atoms.